The summed E-state index contributed by atoms with van der Waals surface area (Å²) in [6, 6.07) is 8.46. The SMILES string of the molecule is Nc1nc2cc(Cl)c(Cl)cc2n1-c1cc(Cl)ccc1Cl. The lowest BCUT2D eigenvalue weighted by atomic mass is 10.2. The Balaban J connectivity index is 2.38. The zero-order chi connectivity index (χ0) is 14.4. The molecule has 3 nitrogen and oxygen atoms in total. The Hall–Kier alpha value is -1.13. The van der Waals surface area contributed by atoms with Gasteiger partial charge in [0.1, 0.15) is 0 Å². The zero-order valence-electron chi connectivity index (χ0n) is 9.87. The Morgan fingerprint density at radius 1 is 0.900 bits per heavy atom. The zero-order valence-corrected chi connectivity index (χ0v) is 12.9. The molecular formula is C13H7Cl4N3. The minimum absolute atomic E-state index is 0.280. The molecule has 3 aromatic rings. The van der Waals surface area contributed by atoms with E-state index in [-0.39, 0.29) is 5.95 Å². The lowest BCUT2D eigenvalue weighted by Gasteiger charge is -2.09. The Kier molecular flexibility index (Phi) is 3.46. The minimum atomic E-state index is 0.280. The molecule has 0 atom stereocenters. The van der Waals surface area contributed by atoms with E-state index >= 15 is 0 Å². The molecule has 7 heteroatoms. The average Bonchev–Trinajstić information content (AvgIpc) is 2.69. The molecule has 0 saturated heterocycles. The van der Waals surface area contributed by atoms with Crippen LogP contribution in [0.15, 0.2) is 30.3 Å². The van der Waals surface area contributed by atoms with Crippen molar-refractivity contribution in [1.82, 2.24) is 9.55 Å². The highest BCUT2D eigenvalue weighted by molar-refractivity contribution is 6.42. The highest BCUT2D eigenvalue weighted by atomic mass is 35.5. The van der Waals surface area contributed by atoms with E-state index in [9.17, 15) is 0 Å². The van der Waals surface area contributed by atoms with Crippen LogP contribution in [0.1, 0.15) is 0 Å². The first-order valence-electron chi connectivity index (χ1n) is 5.56. The second-order valence-corrected chi connectivity index (χ2v) is 5.81. The summed E-state index contributed by atoms with van der Waals surface area (Å²) in [7, 11) is 0. The summed E-state index contributed by atoms with van der Waals surface area (Å²) in [4.78, 5) is 4.26. The van der Waals surface area contributed by atoms with Crippen molar-refractivity contribution in [2.24, 2.45) is 0 Å². The monoisotopic (exact) mass is 345 g/mol. The fraction of sp³-hybridized carbons (Fsp3) is 0. The summed E-state index contributed by atoms with van der Waals surface area (Å²) in [6.45, 7) is 0. The van der Waals surface area contributed by atoms with E-state index in [1.54, 1.807) is 34.9 Å². The van der Waals surface area contributed by atoms with Gasteiger partial charge in [-0.25, -0.2) is 4.98 Å². The molecule has 1 heterocycles. The Bertz CT molecular complexity index is 826. The van der Waals surface area contributed by atoms with Crippen molar-refractivity contribution in [1.29, 1.82) is 0 Å². The van der Waals surface area contributed by atoms with Gasteiger partial charge in [-0.1, -0.05) is 46.4 Å². The van der Waals surface area contributed by atoms with Crippen LogP contribution in [0.2, 0.25) is 20.1 Å². The fourth-order valence-electron chi connectivity index (χ4n) is 2.00. The highest BCUT2D eigenvalue weighted by Crippen LogP contribution is 2.33. The number of benzene rings is 2. The van der Waals surface area contributed by atoms with E-state index < -0.39 is 0 Å². The number of nitrogens with zero attached hydrogens (tertiary/aromatic N) is 2. The summed E-state index contributed by atoms with van der Waals surface area (Å²) in [5, 5.41) is 1.89. The molecule has 0 aliphatic carbocycles. The van der Waals surface area contributed by atoms with Crippen LogP contribution in [0, 0.1) is 0 Å². The molecule has 3 rings (SSSR count). The number of hydrogen-bond acceptors (Lipinski definition) is 2. The maximum Gasteiger partial charge on any atom is 0.205 e. The van der Waals surface area contributed by atoms with Crippen molar-refractivity contribution < 1.29 is 0 Å². The van der Waals surface area contributed by atoms with Gasteiger partial charge >= 0.3 is 0 Å². The van der Waals surface area contributed by atoms with Gasteiger partial charge in [0.25, 0.3) is 0 Å². The van der Waals surface area contributed by atoms with Crippen LogP contribution >= 0.6 is 46.4 Å². The van der Waals surface area contributed by atoms with Crippen LogP contribution < -0.4 is 5.73 Å². The molecule has 102 valence electrons. The van der Waals surface area contributed by atoms with Crippen LogP contribution in [0.25, 0.3) is 16.7 Å². The van der Waals surface area contributed by atoms with Crippen molar-refractivity contribution in [3.63, 3.8) is 0 Å². The van der Waals surface area contributed by atoms with Crippen molar-refractivity contribution in [3.8, 4) is 5.69 Å². The van der Waals surface area contributed by atoms with Gasteiger partial charge in [0.15, 0.2) is 0 Å². The molecule has 0 aliphatic heterocycles. The number of aromatic nitrogens is 2. The molecule has 20 heavy (non-hydrogen) atoms. The van der Waals surface area contributed by atoms with Crippen molar-refractivity contribution >= 4 is 63.4 Å². The van der Waals surface area contributed by atoms with Gasteiger partial charge < -0.3 is 5.73 Å². The predicted molar refractivity (Wildman–Crippen MR) is 85.5 cm³/mol. The summed E-state index contributed by atoms with van der Waals surface area (Å²) in [5.74, 6) is 0.280. The molecule has 0 bridgehead atoms. The van der Waals surface area contributed by atoms with Gasteiger partial charge in [-0.3, -0.25) is 4.57 Å². The van der Waals surface area contributed by atoms with Crippen LogP contribution in [0.4, 0.5) is 5.95 Å². The van der Waals surface area contributed by atoms with Crippen LogP contribution in [0.3, 0.4) is 0 Å². The molecule has 0 fully saturated rings. The van der Waals surface area contributed by atoms with Crippen LogP contribution in [-0.2, 0) is 0 Å². The lowest BCUT2D eigenvalue weighted by Crippen LogP contribution is -2.01. The maximum absolute atomic E-state index is 6.21. The van der Waals surface area contributed by atoms with Gasteiger partial charge in [0.2, 0.25) is 5.95 Å². The number of halogens is 4. The Morgan fingerprint density at radius 2 is 1.60 bits per heavy atom. The number of nitrogen functional groups attached to an aromatic ring is 1. The normalized spacial score (nSPS) is 11.2. The first kappa shape index (κ1) is 13.8. The quantitative estimate of drug-likeness (QED) is 0.656. The van der Waals surface area contributed by atoms with E-state index in [4.69, 9.17) is 52.1 Å². The Labute approximate surface area is 134 Å². The number of imidazole rings is 1. The van der Waals surface area contributed by atoms with Gasteiger partial charge in [0.05, 0.1) is 31.8 Å². The largest absolute Gasteiger partial charge is 0.369 e. The van der Waals surface area contributed by atoms with E-state index in [0.717, 1.165) is 0 Å². The summed E-state index contributed by atoms with van der Waals surface area (Å²) in [5.41, 5.74) is 7.95. The number of anilines is 1. The molecule has 0 amide bonds. The van der Waals surface area contributed by atoms with Gasteiger partial charge in [-0.05, 0) is 30.3 Å². The molecule has 0 spiro atoms. The van der Waals surface area contributed by atoms with Gasteiger partial charge in [-0.15, -0.1) is 0 Å². The highest BCUT2D eigenvalue weighted by Gasteiger charge is 2.15. The number of fused-ring (bicyclic) bond motifs is 1. The van der Waals surface area contributed by atoms with Crippen molar-refractivity contribution in [2.75, 3.05) is 5.73 Å². The summed E-state index contributed by atoms with van der Waals surface area (Å²) >= 11 is 24.3. The molecule has 2 N–H and O–H groups in total. The maximum atomic E-state index is 6.21. The molecule has 0 saturated carbocycles. The lowest BCUT2D eigenvalue weighted by molar-refractivity contribution is 1.11. The van der Waals surface area contributed by atoms with Crippen molar-refractivity contribution in [3.05, 3.63) is 50.4 Å². The Morgan fingerprint density at radius 3 is 2.35 bits per heavy atom. The van der Waals surface area contributed by atoms with Gasteiger partial charge in [-0.2, -0.15) is 0 Å². The van der Waals surface area contributed by atoms with Crippen LogP contribution in [-0.4, -0.2) is 9.55 Å². The summed E-state index contributed by atoms with van der Waals surface area (Å²) < 4.78 is 1.69. The molecule has 0 radical (unpaired) electrons. The first-order chi connectivity index (χ1) is 9.47. The standard InChI is InChI=1S/C13H7Cl4N3/c14-6-1-2-7(15)11(3-6)20-12-5-9(17)8(16)4-10(12)19-13(20)18/h1-5H,(H2,18,19). The van der Waals surface area contributed by atoms with E-state index in [0.29, 0.717) is 36.8 Å². The molecular weight excluding hydrogens is 340 g/mol. The topological polar surface area (TPSA) is 43.8 Å². The third-order valence-corrected chi connectivity index (χ3v) is 4.15. The molecule has 0 aliphatic rings. The van der Waals surface area contributed by atoms with Gasteiger partial charge in [0, 0.05) is 5.02 Å². The average molecular weight is 347 g/mol. The van der Waals surface area contributed by atoms with E-state index in [1.165, 1.54) is 0 Å². The third kappa shape index (κ3) is 2.21. The fourth-order valence-corrected chi connectivity index (χ4v) is 2.69. The van der Waals surface area contributed by atoms with E-state index in [2.05, 4.69) is 4.98 Å². The molecule has 1 aromatic heterocycles. The van der Waals surface area contributed by atoms with Crippen LogP contribution in [0.5, 0.6) is 0 Å². The number of rotatable bonds is 1. The third-order valence-electron chi connectivity index (χ3n) is 2.87. The first-order valence-corrected chi connectivity index (χ1v) is 7.07. The predicted octanol–water partition coefficient (Wildman–Crippen LogP) is 5.22. The van der Waals surface area contributed by atoms with E-state index in [1.807, 2.05) is 0 Å². The smallest absolute Gasteiger partial charge is 0.205 e. The summed E-state index contributed by atoms with van der Waals surface area (Å²) in [6.07, 6.45) is 0. The van der Waals surface area contributed by atoms with Crippen molar-refractivity contribution in [2.45, 2.75) is 0 Å². The second-order valence-electron chi connectivity index (χ2n) is 4.16. The molecule has 2 aromatic carbocycles. The number of hydrogen-bond donors (Lipinski definition) is 1. The minimum Gasteiger partial charge on any atom is -0.369 e. The number of nitrogens with two attached hydrogens (primary N) is 1. The second kappa shape index (κ2) is 5.01. The molecule has 0 unspecified atom stereocenters.